The molecule has 0 amide bonds. The highest BCUT2D eigenvalue weighted by atomic mass is 16.5. The minimum Gasteiger partial charge on any atom is -0.501 e. The van der Waals surface area contributed by atoms with Gasteiger partial charge in [0.2, 0.25) is 28.0 Å². The molecule has 0 saturated heterocycles. The van der Waals surface area contributed by atoms with Crippen LogP contribution >= 0.6 is 0 Å². The number of hydrogen-bond donors (Lipinski definition) is 1. The Labute approximate surface area is 162 Å². The number of nitrogens with zero attached hydrogens (tertiary/aromatic N) is 1. The van der Waals surface area contributed by atoms with E-state index in [0.717, 1.165) is 37.4 Å². The largest absolute Gasteiger partial charge is 0.501 e. The first-order valence-corrected chi connectivity index (χ1v) is 9.42. The van der Waals surface area contributed by atoms with E-state index in [1.54, 1.807) is 6.07 Å². The Morgan fingerprint density at radius 1 is 1.21 bits per heavy atom. The van der Waals surface area contributed by atoms with E-state index in [0.29, 0.717) is 11.1 Å². The molecule has 2 N–H and O–H groups in total. The minimum absolute atomic E-state index is 0.0515. The predicted octanol–water partition coefficient (Wildman–Crippen LogP) is 3.22. The number of aromatic amines is 1. The summed E-state index contributed by atoms with van der Waals surface area (Å²) < 4.78 is 11.1. The second-order valence-corrected chi connectivity index (χ2v) is 6.97. The van der Waals surface area contributed by atoms with Crippen LogP contribution in [0.15, 0.2) is 33.5 Å². The Balaban J connectivity index is 2.01. The molecule has 7 heteroatoms. The van der Waals surface area contributed by atoms with E-state index in [1.807, 2.05) is 31.1 Å². The van der Waals surface area contributed by atoms with Crippen molar-refractivity contribution in [2.75, 3.05) is 25.6 Å². The summed E-state index contributed by atoms with van der Waals surface area (Å²) >= 11 is 0. The lowest BCUT2D eigenvalue weighted by atomic mass is 10.1. The Bertz CT molecular complexity index is 1030. The molecule has 1 aromatic carbocycles. The molecule has 148 valence electrons. The minimum atomic E-state index is -0.689. The monoisotopic (exact) mass is 385 g/mol. The number of aromatic hydroxyl groups is 1. The SMILES string of the molecule is CCCCCCOC(=O)c1cc(=O)c(O)c2oc3cc(N(C)C)ccc3[nH+]c1-2. The molecule has 28 heavy (non-hydrogen) atoms. The number of phenols is 1. The van der Waals surface area contributed by atoms with Gasteiger partial charge in [-0.25, -0.2) is 4.79 Å². The van der Waals surface area contributed by atoms with Gasteiger partial charge in [0.25, 0.3) is 5.69 Å². The van der Waals surface area contributed by atoms with Crippen LogP contribution in [0.2, 0.25) is 0 Å². The lowest BCUT2D eigenvalue weighted by molar-refractivity contribution is -0.334. The van der Waals surface area contributed by atoms with Gasteiger partial charge in [0, 0.05) is 38.0 Å². The molecule has 0 spiro atoms. The number of anilines is 1. The molecule has 0 fully saturated rings. The van der Waals surface area contributed by atoms with Crippen molar-refractivity contribution in [1.82, 2.24) is 0 Å². The Kier molecular flexibility index (Phi) is 5.82. The van der Waals surface area contributed by atoms with Crippen LogP contribution in [0.25, 0.3) is 22.6 Å². The number of carbonyl (C=O) groups excluding carboxylic acids is 1. The Morgan fingerprint density at radius 3 is 2.71 bits per heavy atom. The third-order valence-corrected chi connectivity index (χ3v) is 4.62. The van der Waals surface area contributed by atoms with Gasteiger partial charge in [-0.05, 0) is 12.5 Å². The Morgan fingerprint density at radius 2 is 2.00 bits per heavy atom. The molecule has 0 aromatic heterocycles. The number of esters is 1. The van der Waals surface area contributed by atoms with Crippen molar-refractivity contribution in [1.29, 1.82) is 0 Å². The number of nitrogens with one attached hydrogen (secondary N) is 1. The molecule has 0 bridgehead atoms. The lowest BCUT2D eigenvalue weighted by Crippen LogP contribution is -2.21. The maximum Gasteiger partial charge on any atom is 0.345 e. The van der Waals surface area contributed by atoms with Crippen LogP contribution in [0.1, 0.15) is 43.0 Å². The highest BCUT2D eigenvalue weighted by molar-refractivity contribution is 5.96. The molecule has 2 aliphatic rings. The van der Waals surface area contributed by atoms with Gasteiger partial charge < -0.3 is 19.2 Å². The number of rotatable bonds is 7. The fourth-order valence-corrected chi connectivity index (χ4v) is 3.00. The molecule has 1 aliphatic heterocycles. The molecule has 7 nitrogen and oxygen atoms in total. The predicted molar refractivity (Wildman–Crippen MR) is 106 cm³/mol. The standard InChI is InChI=1S/C21H24N2O5/c1-4-5-6-7-10-27-21(26)14-12-16(24)19(25)20-18(14)22-15-9-8-13(23(2)3)11-17(15)28-20/h8-9,11-12,25H,4-7,10H2,1-3H3/p+1. The van der Waals surface area contributed by atoms with Gasteiger partial charge in [-0.3, -0.25) is 4.79 Å². The van der Waals surface area contributed by atoms with E-state index in [4.69, 9.17) is 9.15 Å². The number of ether oxygens (including phenoxy) is 1. The normalized spacial score (nSPS) is 11.1. The number of benzene rings is 2. The number of hydrogen-bond acceptors (Lipinski definition) is 6. The third-order valence-electron chi connectivity index (χ3n) is 4.62. The van der Waals surface area contributed by atoms with Crippen molar-refractivity contribution in [2.45, 2.75) is 32.6 Å². The molecular weight excluding hydrogens is 360 g/mol. The molecule has 3 rings (SSSR count). The summed E-state index contributed by atoms with van der Waals surface area (Å²) in [5, 5.41) is 10.2. The topological polar surface area (TPSA) is 94.1 Å². The van der Waals surface area contributed by atoms with Gasteiger partial charge in [0.1, 0.15) is 5.56 Å². The second-order valence-electron chi connectivity index (χ2n) is 6.97. The zero-order chi connectivity index (χ0) is 20.3. The average Bonchev–Trinajstić information content (AvgIpc) is 2.68. The number of fused-ring (bicyclic) bond motifs is 2. The van der Waals surface area contributed by atoms with Crippen molar-refractivity contribution in [2.24, 2.45) is 0 Å². The number of carbonyl (C=O) groups is 1. The van der Waals surface area contributed by atoms with E-state index in [1.165, 1.54) is 0 Å². The van der Waals surface area contributed by atoms with Gasteiger partial charge >= 0.3 is 5.97 Å². The van der Waals surface area contributed by atoms with Crippen molar-refractivity contribution >= 4 is 22.8 Å². The molecule has 0 saturated carbocycles. The van der Waals surface area contributed by atoms with Crippen LogP contribution in [0.4, 0.5) is 5.69 Å². The van der Waals surface area contributed by atoms with Crippen LogP contribution in [0, 0.1) is 0 Å². The van der Waals surface area contributed by atoms with Crippen LogP contribution in [-0.2, 0) is 4.74 Å². The Hall–Kier alpha value is -3.09. The maximum atomic E-state index is 12.5. The van der Waals surface area contributed by atoms with E-state index >= 15 is 0 Å². The average molecular weight is 385 g/mol. The van der Waals surface area contributed by atoms with Crippen LogP contribution in [0.5, 0.6) is 5.75 Å². The second kappa shape index (κ2) is 8.29. The van der Waals surface area contributed by atoms with Gasteiger partial charge in [-0.2, -0.15) is 4.98 Å². The third kappa shape index (κ3) is 3.93. The van der Waals surface area contributed by atoms with E-state index in [2.05, 4.69) is 11.9 Å². The number of H-pyrrole nitrogens is 1. The number of phenolic OH excluding ortho intramolecular Hbond substituents is 1. The van der Waals surface area contributed by atoms with E-state index in [-0.39, 0.29) is 23.6 Å². The first-order chi connectivity index (χ1) is 13.4. The van der Waals surface area contributed by atoms with Crippen molar-refractivity contribution < 1.29 is 24.0 Å². The van der Waals surface area contributed by atoms with Gasteiger partial charge in [0.15, 0.2) is 0 Å². The smallest absolute Gasteiger partial charge is 0.345 e. The summed E-state index contributed by atoms with van der Waals surface area (Å²) in [5.41, 5.74) is 1.59. The molecule has 0 atom stereocenters. The molecule has 0 radical (unpaired) electrons. The highest BCUT2D eigenvalue weighted by Gasteiger charge is 2.30. The summed E-state index contributed by atoms with van der Waals surface area (Å²) in [6, 6.07) is 6.58. The molecule has 1 aliphatic carbocycles. The summed E-state index contributed by atoms with van der Waals surface area (Å²) in [7, 11) is 3.79. The first kappa shape index (κ1) is 19.7. The number of unbranched alkanes of at least 4 members (excludes halogenated alkanes) is 3. The molecule has 0 unspecified atom stereocenters. The molecule has 1 aromatic rings. The zero-order valence-corrected chi connectivity index (χ0v) is 16.4. The van der Waals surface area contributed by atoms with E-state index < -0.39 is 17.1 Å². The lowest BCUT2D eigenvalue weighted by Gasteiger charge is -2.12. The zero-order valence-electron chi connectivity index (χ0n) is 16.4. The summed E-state index contributed by atoms with van der Waals surface area (Å²) in [5.74, 6) is -1.22. The molecule has 1 heterocycles. The number of aromatic nitrogens is 1. The molecular formula is C21H25N2O5+. The van der Waals surface area contributed by atoms with Crippen LogP contribution < -0.4 is 15.3 Å². The van der Waals surface area contributed by atoms with Crippen LogP contribution in [-0.4, -0.2) is 31.8 Å². The van der Waals surface area contributed by atoms with Gasteiger partial charge in [0.05, 0.1) is 6.61 Å². The van der Waals surface area contributed by atoms with Crippen molar-refractivity contribution in [3.63, 3.8) is 0 Å². The summed E-state index contributed by atoms with van der Waals surface area (Å²) in [6.07, 6.45) is 3.92. The van der Waals surface area contributed by atoms with E-state index in [9.17, 15) is 14.7 Å². The van der Waals surface area contributed by atoms with Crippen molar-refractivity contribution in [3.05, 3.63) is 40.1 Å². The first-order valence-electron chi connectivity index (χ1n) is 9.42. The van der Waals surface area contributed by atoms with Gasteiger partial charge in [-0.15, -0.1) is 0 Å². The highest BCUT2D eigenvalue weighted by Crippen LogP contribution is 2.31. The van der Waals surface area contributed by atoms with Crippen LogP contribution in [0.3, 0.4) is 0 Å². The summed E-state index contributed by atoms with van der Waals surface area (Å²) in [4.78, 5) is 29.7. The summed E-state index contributed by atoms with van der Waals surface area (Å²) in [6.45, 7) is 2.39. The maximum absolute atomic E-state index is 12.5. The van der Waals surface area contributed by atoms with Gasteiger partial charge in [-0.1, -0.05) is 26.2 Å². The fourth-order valence-electron chi connectivity index (χ4n) is 3.00. The quantitative estimate of drug-likeness (QED) is 0.381. The van der Waals surface area contributed by atoms with Crippen molar-refractivity contribution in [3.8, 4) is 17.2 Å². The fraction of sp³-hybridized carbons (Fsp3) is 0.381.